The van der Waals surface area contributed by atoms with Crippen molar-refractivity contribution in [3.8, 4) is 17.1 Å². The topological polar surface area (TPSA) is 113 Å². The summed E-state index contributed by atoms with van der Waals surface area (Å²) in [5.74, 6) is -0.982. The van der Waals surface area contributed by atoms with E-state index in [0.717, 1.165) is 22.4 Å². The van der Waals surface area contributed by atoms with Gasteiger partial charge in [0, 0.05) is 31.3 Å². The van der Waals surface area contributed by atoms with Crippen LogP contribution >= 0.6 is 0 Å². The van der Waals surface area contributed by atoms with Crippen LogP contribution in [0.2, 0.25) is 0 Å². The maximum atomic E-state index is 12.8. The van der Waals surface area contributed by atoms with Crippen LogP contribution in [-0.4, -0.2) is 74.6 Å². The van der Waals surface area contributed by atoms with Gasteiger partial charge in [-0.2, -0.15) is 12.7 Å². The number of hydrogen-bond donors (Lipinski definition) is 0. The molecule has 224 valence electrons. The Balaban J connectivity index is 1.16. The summed E-state index contributed by atoms with van der Waals surface area (Å²) >= 11 is 0. The Morgan fingerprint density at radius 2 is 1.93 bits per heavy atom. The van der Waals surface area contributed by atoms with Gasteiger partial charge in [-0.3, -0.25) is 4.79 Å². The van der Waals surface area contributed by atoms with Crippen LogP contribution < -0.4 is 4.74 Å². The molecule has 2 aromatic rings. The molecule has 0 bridgehead atoms. The van der Waals surface area contributed by atoms with Gasteiger partial charge in [0.2, 0.25) is 5.88 Å². The van der Waals surface area contributed by atoms with E-state index in [9.17, 15) is 13.2 Å². The van der Waals surface area contributed by atoms with E-state index in [1.54, 1.807) is 0 Å². The molecular weight excluding hydrogens is 548 g/mol. The van der Waals surface area contributed by atoms with Crippen molar-refractivity contribution in [2.75, 3.05) is 32.9 Å². The number of pyridine rings is 1. The van der Waals surface area contributed by atoms with Gasteiger partial charge in [-0.05, 0) is 76.5 Å². The minimum Gasteiger partial charge on any atom is -0.475 e. The predicted molar refractivity (Wildman–Crippen MR) is 152 cm³/mol. The van der Waals surface area contributed by atoms with Crippen molar-refractivity contribution in [1.82, 2.24) is 9.29 Å². The highest BCUT2D eigenvalue weighted by atomic mass is 32.2. The Morgan fingerprint density at radius 3 is 2.61 bits per heavy atom. The van der Waals surface area contributed by atoms with Crippen LogP contribution in [0, 0.1) is 12.8 Å². The number of rotatable bonds is 8. The summed E-state index contributed by atoms with van der Waals surface area (Å²) in [5.41, 5.74) is 4.06. The van der Waals surface area contributed by atoms with Crippen LogP contribution in [0.3, 0.4) is 0 Å². The SMILES string of the molecule is Cc1cc(C2CCN(S(=O)(=O)OC(=O)C3CCOC(C)C3)CC2)ccc1-c1cccc(OC[C@H]2COC(C)(C)O2)n1. The molecule has 0 saturated carbocycles. The Labute approximate surface area is 242 Å². The summed E-state index contributed by atoms with van der Waals surface area (Å²) in [4.78, 5) is 17.2. The first-order valence-corrected chi connectivity index (χ1v) is 15.7. The molecule has 1 aromatic heterocycles. The van der Waals surface area contributed by atoms with Gasteiger partial charge < -0.3 is 23.1 Å². The molecule has 0 aliphatic carbocycles. The average Bonchev–Trinajstić information content (AvgIpc) is 3.30. The molecular formula is C30H40N2O8S. The van der Waals surface area contributed by atoms with Crippen molar-refractivity contribution in [3.63, 3.8) is 0 Å². The molecule has 11 heteroatoms. The van der Waals surface area contributed by atoms with Crippen LogP contribution in [0.15, 0.2) is 36.4 Å². The summed E-state index contributed by atoms with van der Waals surface area (Å²) in [7, 11) is -4.12. The number of carbonyl (C=O) groups is 1. The Kier molecular flexibility index (Phi) is 9.01. The fourth-order valence-electron chi connectivity index (χ4n) is 5.75. The van der Waals surface area contributed by atoms with Crippen molar-refractivity contribution in [2.24, 2.45) is 5.92 Å². The van der Waals surface area contributed by atoms with E-state index in [4.69, 9.17) is 28.1 Å². The molecule has 41 heavy (non-hydrogen) atoms. The van der Waals surface area contributed by atoms with E-state index in [1.165, 1.54) is 4.31 Å². The van der Waals surface area contributed by atoms with E-state index in [2.05, 4.69) is 25.1 Å². The van der Waals surface area contributed by atoms with Gasteiger partial charge in [0.05, 0.1) is 24.3 Å². The van der Waals surface area contributed by atoms with Crippen molar-refractivity contribution in [1.29, 1.82) is 0 Å². The third kappa shape index (κ3) is 7.45. The number of benzene rings is 1. The van der Waals surface area contributed by atoms with Gasteiger partial charge >= 0.3 is 16.3 Å². The Bertz CT molecular complexity index is 1340. The second-order valence-electron chi connectivity index (χ2n) is 11.6. The maximum Gasteiger partial charge on any atom is 0.387 e. The van der Waals surface area contributed by atoms with Crippen molar-refractivity contribution in [2.45, 2.75) is 77.3 Å². The Hall–Kier alpha value is -2.57. The Morgan fingerprint density at radius 1 is 1.15 bits per heavy atom. The number of nitrogens with zero attached hydrogens (tertiary/aromatic N) is 2. The molecule has 0 N–H and O–H groups in total. The fraction of sp³-hybridized carbons (Fsp3) is 0.600. The number of hydrogen-bond acceptors (Lipinski definition) is 9. The normalized spacial score (nSPS) is 25.6. The van der Waals surface area contributed by atoms with Crippen molar-refractivity contribution >= 4 is 16.3 Å². The fourth-order valence-corrected chi connectivity index (χ4v) is 6.85. The van der Waals surface area contributed by atoms with Gasteiger partial charge in [0.25, 0.3) is 0 Å². The zero-order valence-corrected chi connectivity index (χ0v) is 25.0. The second kappa shape index (κ2) is 12.3. The van der Waals surface area contributed by atoms with Crippen LogP contribution in [0.5, 0.6) is 5.88 Å². The van der Waals surface area contributed by atoms with Gasteiger partial charge in [0.15, 0.2) is 5.79 Å². The zero-order valence-electron chi connectivity index (χ0n) is 24.2. The highest BCUT2D eigenvalue weighted by Gasteiger charge is 2.36. The van der Waals surface area contributed by atoms with E-state index in [0.29, 0.717) is 64.5 Å². The molecule has 3 atom stereocenters. The molecule has 4 heterocycles. The predicted octanol–water partition coefficient (Wildman–Crippen LogP) is 4.37. The highest BCUT2D eigenvalue weighted by molar-refractivity contribution is 7.84. The number of ether oxygens (including phenoxy) is 4. The minimum atomic E-state index is -4.12. The molecule has 3 aliphatic heterocycles. The molecule has 3 saturated heterocycles. The third-order valence-corrected chi connectivity index (χ3v) is 9.35. The first-order valence-electron chi connectivity index (χ1n) is 14.4. The zero-order chi connectivity index (χ0) is 29.2. The van der Waals surface area contributed by atoms with Crippen LogP contribution in [0.4, 0.5) is 0 Å². The van der Waals surface area contributed by atoms with Gasteiger partial charge in [0.1, 0.15) is 12.7 Å². The summed E-state index contributed by atoms with van der Waals surface area (Å²) in [6, 6.07) is 12.0. The summed E-state index contributed by atoms with van der Waals surface area (Å²) < 4.78 is 54.7. The average molecular weight is 589 g/mol. The third-order valence-electron chi connectivity index (χ3n) is 7.98. The molecule has 0 radical (unpaired) electrons. The number of aryl methyl sites for hydroxylation is 1. The van der Waals surface area contributed by atoms with Crippen LogP contribution in [-0.2, 0) is 33.5 Å². The van der Waals surface area contributed by atoms with Crippen LogP contribution in [0.1, 0.15) is 63.5 Å². The number of aromatic nitrogens is 1. The molecule has 5 rings (SSSR count). The van der Waals surface area contributed by atoms with E-state index >= 15 is 0 Å². The monoisotopic (exact) mass is 588 g/mol. The lowest BCUT2D eigenvalue weighted by atomic mass is 9.88. The van der Waals surface area contributed by atoms with Gasteiger partial charge in [-0.15, -0.1) is 0 Å². The van der Waals surface area contributed by atoms with Crippen molar-refractivity contribution < 1.29 is 36.3 Å². The smallest absolute Gasteiger partial charge is 0.387 e. The highest BCUT2D eigenvalue weighted by Crippen LogP contribution is 2.33. The standard InChI is InChI=1S/C30H40N2O8S/c1-20-16-23(8-9-26(20)27-6-5-7-28(31-27)37-18-25-19-38-30(3,4)39-25)22-10-13-32(14-11-22)41(34,35)40-29(33)24-12-15-36-21(2)17-24/h5-9,16,21-22,24-25H,10-15,17-19H2,1-4H3/t21?,24?,25-/m0/s1. The summed E-state index contributed by atoms with van der Waals surface area (Å²) in [6.07, 6.45) is 2.03. The van der Waals surface area contributed by atoms with E-state index in [1.807, 2.05) is 39.0 Å². The van der Waals surface area contributed by atoms with Crippen LogP contribution in [0.25, 0.3) is 11.3 Å². The van der Waals surface area contributed by atoms with E-state index < -0.39 is 28.0 Å². The van der Waals surface area contributed by atoms with Gasteiger partial charge in [-0.25, -0.2) is 4.98 Å². The lowest BCUT2D eigenvalue weighted by molar-refractivity contribution is -0.143. The molecule has 10 nitrogen and oxygen atoms in total. The maximum absolute atomic E-state index is 12.8. The molecule has 3 fully saturated rings. The molecule has 0 amide bonds. The quantitative estimate of drug-likeness (QED) is 0.444. The largest absolute Gasteiger partial charge is 0.475 e. The molecule has 3 aliphatic rings. The first-order chi connectivity index (χ1) is 19.5. The second-order valence-corrected chi connectivity index (χ2v) is 13.2. The molecule has 1 aromatic carbocycles. The van der Waals surface area contributed by atoms with Gasteiger partial charge in [-0.1, -0.05) is 24.3 Å². The number of piperidine rings is 1. The molecule has 2 unspecified atom stereocenters. The lowest BCUT2D eigenvalue weighted by Gasteiger charge is -2.31. The minimum absolute atomic E-state index is 0.0808. The van der Waals surface area contributed by atoms with E-state index in [-0.39, 0.29) is 18.1 Å². The lowest BCUT2D eigenvalue weighted by Crippen LogP contribution is -2.41. The first kappa shape index (κ1) is 29.9. The number of carbonyl (C=O) groups excluding carboxylic acids is 1. The summed E-state index contributed by atoms with van der Waals surface area (Å²) in [6.45, 7) is 9.59. The van der Waals surface area contributed by atoms with Crippen molar-refractivity contribution in [3.05, 3.63) is 47.5 Å². The summed E-state index contributed by atoms with van der Waals surface area (Å²) in [5, 5.41) is 0. The molecule has 0 spiro atoms.